The van der Waals surface area contributed by atoms with E-state index in [1.54, 1.807) is 11.1 Å². The van der Waals surface area contributed by atoms with Crippen molar-refractivity contribution in [3.05, 3.63) is 190 Å². The third kappa shape index (κ3) is 5.51. The number of hydrogen-bond acceptors (Lipinski definition) is 1. The highest BCUT2D eigenvalue weighted by Gasteiger charge is 2.44. The maximum Gasteiger partial charge on any atom is 0.0452 e. The summed E-state index contributed by atoms with van der Waals surface area (Å²) in [5, 5.41) is 0. The molecule has 1 aromatic carbocycles. The van der Waals surface area contributed by atoms with Crippen LogP contribution >= 0.6 is 0 Å². The summed E-state index contributed by atoms with van der Waals surface area (Å²) in [6.45, 7) is 13.0. The molecule has 7 rings (SSSR count). The van der Waals surface area contributed by atoms with Gasteiger partial charge in [0.2, 0.25) is 0 Å². The first kappa shape index (κ1) is 30.3. The summed E-state index contributed by atoms with van der Waals surface area (Å²) in [6, 6.07) is 9.32. The maximum absolute atomic E-state index is 4.24. The molecular weight excluding hydrogens is 555 g/mol. The van der Waals surface area contributed by atoms with Crippen molar-refractivity contribution in [2.45, 2.75) is 59.3 Å². The monoisotopic (exact) mass is 601 g/mol. The minimum Gasteiger partial charge on any atom is -0.315 e. The Hall–Kier alpha value is -4.36. The molecule has 5 unspecified atom stereocenters. The molecule has 0 aromatic heterocycles. The first-order chi connectivity index (χ1) is 22.5. The van der Waals surface area contributed by atoms with Crippen molar-refractivity contribution < 1.29 is 0 Å². The second kappa shape index (κ2) is 12.8. The minimum atomic E-state index is 0.353. The lowest BCUT2D eigenvalue weighted by atomic mass is 9.65. The van der Waals surface area contributed by atoms with Crippen molar-refractivity contribution in [2.24, 2.45) is 23.7 Å². The Labute approximate surface area is 276 Å². The van der Waals surface area contributed by atoms with E-state index in [1.165, 1.54) is 44.8 Å². The highest BCUT2D eigenvalue weighted by atomic mass is 15.2. The first-order valence-electron chi connectivity index (χ1n) is 17.3. The molecule has 232 valence electrons. The average molecular weight is 602 g/mol. The van der Waals surface area contributed by atoms with Gasteiger partial charge in [-0.3, -0.25) is 0 Å². The van der Waals surface area contributed by atoms with E-state index in [0.29, 0.717) is 29.6 Å². The maximum atomic E-state index is 4.24. The summed E-state index contributed by atoms with van der Waals surface area (Å²) in [5.74, 6) is 2.09. The Kier molecular flexibility index (Phi) is 8.43. The number of nitrogens with zero attached hydrogens (tertiary/aromatic N) is 1. The molecule has 1 nitrogen and oxygen atoms in total. The molecule has 0 N–H and O–H groups in total. The first-order valence-corrected chi connectivity index (χ1v) is 17.3. The van der Waals surface area contributed by atoms with Crippen LogP contribution in [0.2, 0.25) is 0 Å². The molecule has 0 amide bonds. The standard InChI is InChI=1S/C45H47N/c1-6-8-12-35(7-2)46(36-13-9-11-32(5)28-36)37-24-25-38-41-26-27-42(39-14-10-15-40(45(39)41)43(38)29-37)44(33-20-16-30(3)17-21-33)34-22-18-31(4)19-23-34/h6-10,12-22,26-29,32,34,39,44-45H,2,11,23-25H2,1,3-5H3/b8-6+,35-12+. The van der Waals surface area contributed by atoms with E-state index in [0.717, 1.165) is 31.4 Å². The predicted octanol–water partition coefficient (Wildman–Crippen LogP) is 11.6. The van der Waals surface area contributed by atoms with Crippen LogP contribution in [-0.4, -0.2) is 4.90 Å². The zero-order chi connectivity index (χ0) is 31.8. The Morgan fingerprint density at radius 2 is 1.83 bits per heavy atom. The molecule has 6 aliphatic rings. The molecule has 0 bridgehead atoms. The fourth-order valence-corrected chi connectivity index (χ4v) is 8.39. The summed E-state index contributed by atoms with van der Waals surface area (Å²) >= 11 is 0. The van der Waals surface area contributed by atoms with E-state index in [-0.39, 0.29) is 0 Å². The highest BCUT2D eigenvalue weighted by Crippen LogP contribution is 2.57. The van der Waals surface area contributed by atoms with E-state index in [1.807, 2.05) is 6.08 Å². The summed E-state index contributed by atoms with van der Waals surface area (Å²) < 4.78 is 0. The Balaban J connectivity index is 1.30. The SMILES string of the molecule is C=C/C(=C\C=C\C)N(C1=CC(C)CC=C1)C1=CC2=C(CC1)C1=CC=C(C(c3ccc(C)cc3)C3C=CC(C)=CC3)C3C=CC=C2C13. The molecule has 0 saturated carbocycles. The predicted molar refractivity (Wildman–Crippen MR) is 196 cm³/mol. The van der Waals surface area contributed by atoms with Gasteiger partial charge in [-0.1, -0.05) is 127 Å². The lowest BCUT2D eigenvalue weighted by molar-refractivity contribution is 0.479. The van der Waals surface area contributed by atoms with Gasteiger partial charge in [0, 0.05) is 34.8 Å². The number of hydrogen-bond donors (Lipinski definition) is 0. The van der Waals surface area contributed by atoms with Gasteiger partial charge in [0.15, 0.2) is 0 Å². The second-order valence-corrected chi connectivity index (χ2v) is 13.8. The van der Waals surface area contributed by atoms with Crippen molar-refractivity contribution in [3.8, 4) is 0 Å². The molecule has 0 spiro atoms. The molecule has 0 fully saturated rings. The quantitative estimate of drug-likeness (QED) is 0.268. The molecule has 1 aromatic rings. The molecule has 1 heteroatoms. The van der Waals surface area contributed by atoms with Gasteiger partial charge in [0.1, 0.15) is 0 Å². The van der Waals surface area contributed by atoms with Crippen LogP contribution < -0.4 is 0 Å². The van der Waals surface area contributed by atoms with Gasteiger partial charge in [0.05, 0.1) is 0 Å². The fourth-order valence-electron chi connectivity index (χ4n) is 8.39. The van der Waals surface area contributed by atoms with Gasteiger partial charge in [-0.25, -0.2) is 0 Å². The molecule has 0 heterocycles. The van der Waals surface area contributed by atoms with Gasteiger partial charge < -0.3 is 4.90 Å². The number of aryl methyl sites for hydroxylation is 1. The van der Waals surface area contributed by atoms with E-state index >= 15 is 0 Å². The average Bonchev–Trinajstić information content (AvgIpc) is 3.40. The highest BCUT2D eigenvalue weighted by molar-refractivity contribution is 5.69. The fraction of sp³-hybridized carbons (Fsp3) is 0.289. The zero-order valence-corrected chi connectivity index (χ0v) is 27.9. The van der Waals surface area contributed by atoms with Gasteiger partial charge in [-0.05, 0) is 110 Å². The normalized spacial score (nSPS) is 27.3. The second-order valence-electron chi connectivity index (χ2n) is 13.8. The van der Waals surface area contributed by atoms with E-state index in [2.05, 4.69) is 155 Å². The van der Waals surface area contributed by atoms with Crippen LogP contribution in [0.4, 0.5) is 0 Å². The topological polar surface area (TPSA) is 3.24 Å². The molecule has 0 saturated heterocycles. The molecular formula is C45H47N. The Bertz CT molecular complexity index is 1800. The number of rotatable bonds is 8. The van der Waals surface area contributed by atoms with E-state index < -0.39 is 0 Å². The summed E-state index contributed by atoms with van der Waals surface area (Å²) in [5.41, 5.74) is 15.4. The summed E-state index contributed by atoms with van der Waals surface area (Å²) in [7, 11) is 0. The van der Waals surface area contributed by atoms with Crippen LogP contribution in [0.15, 0.2) is 179 Å². The van der Waals surface area contributed by atoms with Crippen LogP contribution in [0.1, 0.15) is 63.5 Å². The summed E-state index contributed by atoms with van der Waals surface area (Å²) in [4.78, 5) is 2.46. The van der Waals surface area contributed by atoms with Gasteiger partial charge in [-0.2, -0.15) is 0 Å². The van der Waals surface area contributed by atoms with Crippen molar-refractivity contribution in [1.82, 2.24) is 4.90 Å². The van der Waals surface area contributed by atoms with Crippen molar-refractivity contribution in [2.75, 3.05) is 0 Å². The van der Waals surface area contributed by atoms with Crippen LogP contribution in [0.5, 0.6) is 0 Å². The molecule has 46 heavy (non-hydrogen) atoms. The number of benzene rings is 1. The Morgan fingerprint density at radius 3 is 2.57 bits per heavy atom. The van der Waals surface area contributed by atoms with Crippen LogP contribution in [0.3, 0.4) is 0 Å². The van der Waals surface area contributed by atoms with Crippen molar-refractivity contribution in [1.29, 1.82) is 0 Å². The zero-order valence-electron chi connectivity index (χ0n) is 27.9. The third-order valence-electron chi connectivity index (χ3n) is 10.7. The van der Waals surface area contributed by atoms with E-state index in [9.17, 15) is 0 Å². The van der Waals surface area contributed by atoms with Gasteiger partial charge >= 0.3 is 0 Å². The third-order valence-corrected chi connectivity index (χ3v) is 10.7. The smallest absolute Gasteiger partial charge is 0.0452 e. The lowest BCUT2D eigenvalue weighted by Crippen LogP contribution is -2.27. The van der Waals surface area contributed by atoms with E-state index in [4.69, 9.17) is 0 Å². The number of fused-ring (bicyclic) bond motifs is 2. The lowest BCUT2D eigenvalue weighted by Gasteiger charge is -2.38. The van der Waals surface area contributed by atoms with Crippen LogP contribution in [-0.2, 0) is 0 Å². The molecule has 5 atom stereocenters. The number of allylic oxidation sites excluding steroid dienone is 23. The molecule has 0 aliphatic heterocycles. The molecule has 0 radical (unpaired) electrons. The van der Waals surface area contributed by atoms with Crippen LogP contribution in [0.25, 0.3) is 0 Å². The van der Waals surface area contributed by atoms with Crippen molar-refractivity contribution >= 4 is 0 Å². The van der Waals surface area contributed by atoms with Gasteiger partial charge in [-0.15, -0.1) is 0 Å². The minimum absolute atomic E-state index is 0.353. The summed E-state index contributed by atoms with van der Waals surface area (Å²) in [6.07, 6.45) is 41.7. The van der Waals surface area contributed by atoms with Gasteiger partial charge in [0.25, 0.3) is 0 Å². The van der Waals surface area contributed by atoms with Crippen LogP contribution in [0, 0.1) is 30.6 Å². The van der Waals surface area contributed by atoms with Crippen molar-refractivity contribution in [3.63, 3.8) is 0 Å². The Morgan fingerprint density at radius 1 is 0.978 bits per heavy atom. The largest absolute Gasteiger partial charge is 0.315 e. The molecule has 6 aliphatic carbocycles.